The predicted molar refractivity (Wildman–Crippen MR) is 132 cm³/mol. The Kier molecular flexibility index (Phi) is 7.59. The first kappa shape index (κ1) is 23.8. The fraction of sp³-hybridized carbons (Fsp3) is 0.391. The van der Waals surface area contributed by atoms with Crippen LogP contribution in [0.15, 0.2) is 30.3 Å². The Morgan fingerprint density at radius 3 is 2.56 bits per heavy atom. The van der Waals surface area contributed by atoms with Crippen molar-refractivity contribution in [3.05, 3.63) is 47.2 Å². The summed E-state index contributed by atoms with van der Waals surface area (Å²) in [7, 11) is 4.39. The van der Waals surface area contributed by atoms with Gasteiger partial charge in [-0.15, -0.1) is 9.24 Å². The Balaban J connectivity index is 1.82. The monoisotopic (exact) mass is 454 g/mol. The van der Waals surface area contributed by atoms with E-state index in [0.717, 1.165) is 23.7 Å². The van der Waals surface area contributed by atoms with Gasteiger partial charge in [0.15, 0.2) is 0 Å². The Morgan fingerprint density at radius 1 is 1.25 bits per heavy atom. The summed E-state index contributed by atoms with van der Waals surface area (Å²) in [5.74, 6) is 0.190. The molecule has 8 nitrogen and oxygen atoms in total. The number of hydrogen-bond donors (Lipinski definition) is 4. The van der Waals surface area contributed by atoms with Gasteiger partial charge in [-0.05, 0) is 75.8 Å². The highest BCUT2D eigenvalue weighted by molar-refractivity contribution is 7.27. The molecule has 1 fully saturated rings. The predicted octanol–water partition coefficient (Wildman–Crippen LogP) is 3.03. The number of aromatic nitrogens is 1. The number of anilines is 2. The first-order valence-corrected chi connectivity index (χ1v) is 11.3. The van der Waals surface area contributed by atoms with Crippen LogP contribution >= 0.6 is 9.24 Å². The lowest BCUT2D eigenvalue weighted by Crippen LogP contribution is -2.40. The lowest BCUT2D eigenvalue weighted by atomic mass is 10.1. The Morgan fingerprint density at radius 2 is 1.97 bits per heavy atom. The van der Waals surface area contributed by atoms with E-state index in [1.807, 2.05) is 43.9 Å². The van der Waals surface area contributed by atoms with Gasteiger partial charge in [0.2, 0.25) is 5.91 Å². The van der Waals surface area contributed by atoms with Crippen molar-refractivity contribution in [2.45, 2.75) is 45.8 Å². The van der Waals surface area contributed by atoms with Gasteiger partial charge in [-0.25, -0.2) is 4.98 Å². The van der Waals surface area contributed by atoms with Crippen LogP contribution in [0.2, 0.25) is 0 Å². The zero-order valence-corrected chi connectivity index (χ0v) is 20.1. The Hall–Kier alpha value is -2.83. The molecule has 1 aliphatic carbocycles. The molecule has 9 heteroatoms. The highest BCUT2D eigenvalue weighted by atomic mass is 31.0. The topological polar surface area (TPSA) is 110 Å². The molecule has 32 heavy (non-hydrogen) atoms. The number of nitrogens with one attached hydrogen (secondary N) is 4. The third kappa shape index (κ3) is 5.50. The van der Waals surface area contributed by atoms with Crippen LogP contribution in [0.25, 0.3) is 0 Å². The van der Waals surface area contributed by atoms with Crippen LogP contribution in [-0.2, 0) is 4.79 Å². The molecule has 2 unspecified atom stereocenters. The molecule has 0 saturated heterocycles. The molecule has 0 bridgehead atoms. The summed E-state index contributed by atoms with van der Waals surface area (Å²) in [5.41, 5.74) is 2.69. The van der Waals surface area contributed by atoms with E-state index in [1.54, 1.807) is 19.2 Å². The molecule has 1 aliphatic rings. The average molecular weight is 455 g/mol. The van der Waals surface area contributed by atoms with Crippen molar-refractivity contribution in [3.8, 4) is 0 Å². The number of carbonyl (C=O) groups is 2. The second kappa shape index (κ2) is 10.2. The van der Waals surface area contributed by atoms with Crippen molar-refractivity contribution in [2.24, 2.45) is 5.92 Å². The third-order valence-electron chi connectivity index (χ3n) is 5.46. The smallest absolute Gasteiger partial charge is 0.257 e. The fourth-order valence-corrected chi connectivity index (χ4v) is 3.93. The number of pyridine rings is 1. The minimum absolute atomic E-state index is 0.00402. The lowest BCUT2D eigenvalue weighted by Gasteiger charge is -2.32. The molecule has 4 N–H and O–H groups in total. The molecular weight excluding hydrogens is 423 g/mol. The van der Waals surface area contributed by atoms with Gasteiger partial charge in [-0.1, -0.05) is 6.07 Å². The van der Waals surface area contributed by atoms with E-state index in [0.29, 0.717) is 22.8 Å². The molecule has 0 radical (unpaired) electrons. The molecule has 2 aromatic rings. The summed E-state index contributed by atoms with van der Waals surface area (Å²) >= 11 is 0. The largest absolute Gasteiger partial charge is 0.340 e. The molecule has 1 aromatic heterocycles. The second-order valence-electron chi connectivity index (χ2n) is 8.28. The van der Waals surface area contributed by atoms with Gasteiger partial charge in [0.05, 0.1) is 12.0 Å². The van der Waals surface area contributed by atoms with Gasteiger partial charge in [-0.3, -0.25) is 20.3 Å². The van der Waals surface area contributed by atoms with Crippen molar-refractivity contribution >= 4 is 44.2 Å². The van der Waals surface area contributed by atoms with E-state index in [-0.39, 0.29) is 29.9 Å². The SMILES string of the molecule is CNC(c1cccc(NC(=O)c2cc(NC(=O)C3CC3)c(C)cc2P)n1)N(C=N)C(C)C. The Labute approximate surface area is 191 Å². The maximum absolute atomic E-state index is 13.0. The van der Waals surface area contributed by atoms with Crippen LogP contribution in [0.5, 0.6) is 0 Å². The lowest BCUT2D eigenvalue weighted by molar-refractivity contribution is -0.117. The normalized spacial score (nSPS) is 14.1. The molecule has 2 atom stereocenters. The maximum Gasteiger partial charge on any atom is 0.257 e. The quantitative estimate of drug-likeness (QED) is 0.202. The minimum atomic E-state index is -0.310. The average Bonchev–Trinajstić information content (AvgIpc) is 3.59. The maximum atomic E-state index is 13.0. The van der Waals surface area contributed by atoms with Crippen molar-refractivity contribution in [1.29, 1.82) is 5.41 Å². The van der Waals surface area contributed by atoms with Crippen molar-refractivity contribution in [1.82, 2.24) is 15.2 Å². The molecule has 1 saturated carbocycles. The van der Waals surface area contributed by atoms with E-state index in [4.69, 9.17) is 5.41 Å². The van der Waals surface area contributed by atoms with Crippen molar-refractivity contribution < 1.29 is 9.59 Å². The van der Waals surface area contributed by atoms with Gasteiger partial charge in [0.25, 0.3) is 5.91 Å². The number of aryl methyl sites for hydroxylation is 1. The van der Waals surface area contributed by atoms with Crippen molar-refractivity contribution in [3.63, 3.8) is 0 Å². The highest BCUT2D eigenvalue weighted by Crippen LogP contribution is 2.31. The number of nitrogens with zero attached hydrogens (tertiary/aromatic N) is 2. The van der Waals surface area contributed by atoms with Gasteiger partial charge >= 0.3 is 0 Å². The van der Waals surface area contributed by atoms with Gasteiger partial charge < -0.3 is 15.5 Å². The summed E-state index contributed by atoms with van der Waals surface area (Å²) < 4.78 is 0. The van der Waals surface area contributed by atoms with Crippen LogP contribution in [-0.4, -0.2) is 41.1 Å². The summed E-state index contributed by atoms with van der Waals surface area (Å²) in [6.07, 6.45) is 2.82. The number of rotatable bonds is 9. The number of carbonyl (C=O) groups excluding carboxylic acids is 2. The molecule has 1 aromatic carbocycles. The first-order chi connectivity index (χ1) is 15.2. The second-order valence-corrected chi connectivity index (χ2v) is 8.90. The van der Waals surface area contributed by atoms with E-state index in [1.165, 1.54) is 6.34 Å². The van der Waals surface area contributed by atoms with E-state index >= 15 is 0 Å². The van der Waals surface area contributed by atoms with Gasteiger partial charge in [0.1, 0.15) is 12.0 Å². The van der Waals surface area contributed by atoms with Crippen LogP contribution in [0.3, 0.4) is 0 Å². The standard InChI is InChI=1S/C23H31N6O2P/c1-13(2)29(12-24)21(25-4)17-6-5-7-20(26-17)28-23(31)16-11-18(14(3)10-19(16)32)27-22(30)15-8-9-15/h5-7,10-13,15,21,24-25H,8-9,32H2,1-4H3,(H,27,30)(H,26,28,31). The Bertz CT molecular complexity index is 1020. The minimum Gasteiger partial charge on any atom is -0.340 e. The summed E-state index contributed by atoms with van der Waals surface area (Å²) in [5, 5.41) is 17.4. The van der Waals surface area contributed by atoms with Crippen LogP contribution < -0.4 is 21.3 Å². The number of hydrogen-bond acceptors (Lipinski definition) is 5. The fourth-order valence-electron chi connectivity index (χ4n) is 3.47. The van der Waals surface area contributed by atoms with Gasteiger partial charge in [-0.2, -0.15) is 0 Å². The van der Waals surface area contributed by atoms with E-state index in [2.05, 4.69) is 30.2 Å². The summed E-state index contributed by atoms with van der Waals surface area (Å²) in [6.45, 7) is 5.90. The molecule has 0 spiro atoms. The number of benzene rings is 1. The molecular formula is C23H31N6O2P. The van der Waals surface area contributed by atoms with E-state index in [9.17, 15) is 9.59 Å². The van der Waals surface area contributed by atoms with Crippen LogP contribution in [0, 0.1) is 18.3 Å². The molecule has 1 heterocycles. The molecule has 3 rings (SSSR count). The molecule has 0 aliphatic heterocycles. The zero-order valence-electron chi connectivity index (χ0n) is 18.9. The van der Waals surface area contributed by atoms with Gasteiger partial charge in [0, 0.05) is 23.2 Å². The van der Waals surface area contributed by atoms with Crippen LogP contribution in [0.1, 0.15) is 54.5 Å². The number of amides is 2. The highest BCUT2D eigenvalue weighted by Gasteiger charge is 2.30. The summed E-state index contributed by atoms with van der Waals surface area (Å²) in [6, 6.07) is 9.08. The van der Waals surface area contributed by atoms with Crippen molar-refractivity contribution in [2.75, 3.05) is 17.7 Å². The zero-order chi connectivity index (χ0) is 23.4. The first-order valence-electron chi connectivity index (χ1n) is 10.7. The molecule has 170 valence electrons. The van der Waals surface area contributed by atoms with Crippen LogP contribution in [0.4, 0.5) is 11.5 Å². The van der Waals surface area contributed by atoms with E-state index < -0.39 is 0 Å². The third-order valence-corrected chi connectivity index (χ3v) is 5.93. The summed E-state index contributed by atoms with van der Waals surface area (Å²) in [4.78, 5) is 31.7. The molecule has 2 amide bonds.